The molecule has 6 nitrogen and oxygen atoms in total. The van der Waals surface area contributed by atoms with E-state index in [0.29, 0.717) is 42.7 Å². The number of benzene rings is 2. The van der Waals surface area contributed by atoms with Crippen molar-refractivity contribution < 1.29 is 24.9 Å². The Kier molecular flexibility index (Phi) is 9.05. The van der Waals surface area contributed by atoms with Crippen molar-refractivity contribution >= 4 is 5.78 Å². The Morgan fingerprint density at radius 3 is 2.61 bits per heavy atom. The molecule has 4 aliphatic rings. The molecule has 5 atom stereocenters. The van der Waals surface area contributed by atoms with Crippen LogP contribution in [0.2, 0.25) is 0 Å². The minimum atomic E-state index is -0.941. The van der Waals surface area contributed by atoms with Gasteiger partial charge in [-0.05, 0) is 119 Å². The van der Waals surface area contributed by atoms with Crippen LogP contribution < -0.4 is 4.74 Å². The first-order chi connectivity index (χ1) is 19.7. The fourth-order valence-corrected chi connectivity index (χ4v) is 7.74. The average Bonchev–Trinajstić information content (AvgIpc) is 3.52. The number of carbonyl (C=O) groups excluding carboxylic acids is 1. The zero-order valence-corrected chi connectivity index (χ0v) is 24.9. The van der Waals surface area contributed by atoms with Gasteiger partial charge in [-0.2, -0.15) is 0 Å². The molecule has 6 rings (SSSR count). The standard InChI is InChI=1S/C35H47NO5/c1-24-6-4-17-34(2)32(16-18-35(34,40)23-36-19-5-7-27(36)22-37)30-15-9-25(20-28(38)12-8-24)21-31(30)33(39)26-10-13-29(41-3)14-11-26/h6,9-11,13-15,21,27-28,32,37-38,40H,4-5,7-8,12,16-20,22-23H2,1-3H3. The summed E-state index contributed by atoms with van der Waals surface area (Å²) in [6.45, 7) is 5.91. The Morgan fingerprint density at radius 1 is 1.10 bits per heavy atom. The maximum atomic E-state index is 14.1. The minimum absolute atomic E-state index is 0.00417. The number of likely N-dealkylation sites (tertiary alicyclic amines) is 1. The number of ketones is 1. The molecule has 1 saturated heterocycles. The fourth-order valence-electron chi connectivity index (χ4n) is 7.74. The largest absolute Gasteiger partial charge is 0.497 e. The summed E-state index contributed by atoms with van der Waals surface area (Å²) in [6, 6.07) is 13.5. The smallest absolute Gasteiger partial charge is 0.193 e. The summed E-state index contributed by atoms with van der Waals surface area (Å²) < 4.78 is 5.31. The van der Waals surface area contributed by atoms with Gasteiger partial charge >= 0.3 is 0 Å². The molecule has 3 aliphatic carbocycles. The highest BCUT2D eigenvalue weighted by molar-refractivity contribution is 6.10. The van der Waals surface area contributed by atoms with Crippen molar-refractivity contribution in [2.75, 3.05) is 26.8 Å². The number of ether oxygens (including phenoxy) is 1. The summed E-state index contributed by atoms with van der Waals surface area (Å²) >= 11 is 0. The predicted molar refractivity (Wildman–Crippen MR) is 162 cm³/mol. The second-order valence-electron chi connectivity index (χ2n) is 13.0. The molecule has 1 aliphatic heterocycles. The van der Waals surface area contributed by atoms with E-state index >= 15 is 0 Å². The van der Waals surface area contributed by atoms with E-state index in [2.05, 4.69) is 37.0 Å². The Bertz CT molecular complexity index is 1260. The molecule has 0 radical (unpaired) electrons. The van der Waals surface area contributed by atoms with Gasteiger partial charge < -0.3 is 20.1 Å². The molecule has 2 fully saturated rings. The number of rotatable bonds is 6. The van der Waals surface area contributed by atoms with E-state index in [1.807, 2.05) is 30.3 Å². The molecule has 2 bridgehead atoms. The third kappa shape index (κ3) is 6.03. The number of aliphatic hydroxyl groups excluding tert-OH is 2. The monoisotopic (exact) mass is 561 g/mol. The summed E-state index contributed by atoms with van der Waals surface area (Å²) in [5.74, 6) is 0.656. The van der Waals surface area contributed by atoms with Gasteiger partial charge in [0.05, 0.1) is 25.4 Å². The summed E-state index contributed by atoms with van der Waals surface area (Å²) in [5.41, 5.74) is 3.07. The van der Waals surface area contributed by atoms with Gasteiger partial charge in [-0.1, -0.05) is 30.7 Å². The van der Waals surface area contributed by atoms with E-state index in [-0.39, 0.29) is 24.3 Å². The molecule has 1 heterocycles. The maximum Gasteiger partial charge on any atom is 0.193 e. The number of hydrogen-bond acceptors (Lipinski definition) is 6. The molecule has 5 unspecified atom stereocenters. The van der Waals surface area contributed by atoms with Crippen LogP contribution in [0.5, 0.6) is 5.75 Å². The van der Waals surface area contributed by atoms with Crippen LogP contribution in [0.3, 0.4) is 0 Å². The van der Waals surface area contributed by atoms with E-state index in [0.717, 1.165) is 56.2 Å². The summed E-state index contributed by atoms with van der Waals surface area (Å²) in [6.07, 6.45) is 8.87. The lowest BCUT2D eigenvalue weighted by Gasteiger charge is -2.46. The van der Waals surface area contributed by atoms with Crippen molar-refractivity contribution in [3.63, 3.8) is 0 Å². The zero-order valence-electron chi connectivity index (χ0n) is 24.9. The van der Waals surface area contributed by atoms with Crippen LogP contribution in [0.15, 0.2) is 54.1 Å². The Morgan fingerprint density at radius 2 is 1.88 bits per heavy atom. The number of hydrogen-bond donors (Lipinski definition) is 3. The van der Waals surface area contributed by atoms with Crippen LogP contribution in [0, 0.1) is 5.41 Å². The van der Waals surface area contributed by atoms with Crippen LogP contribution in [-0.4, -0.2) is 70.6 Å². The molecule has 2 aromatic carbocycles. The highest BCUT2D eigenvalue weighted by Crippen LogP contribution is 2.59. The van der Waals surface area contributed by atoms with Gasteiger partial charge in [-0.15, -0.1) is 0 Å². The normalized spacial score (nSPS) is 31.0. The lowest BCUT2D eigenvalue weighted by Crippen LogP contribution is -2.53. The van der Waals surface area contributed by atoms with Crippen LogP contribution in [0.25, 0.3) is 0 Å². The predicted octanol–water partition coefficient (Wildman–Crippen LogP) is 5.42. The Balaban J connectivity index is 1.59. The molecular formula is C35H47NO5. The lowest BCUT2D eigenvalue weighted by atomic mass is 9.64. The third-order valence-electron chi connectivity index (χ3n) is 10.4. The molecule has 0 spiro atoms. The van der Waals surface area contributed by atoms with Gasteiger partial charge in [-0.25, -0.2) is 0 Å². The Labute approximate surface area is 245 Å². The van der Waals surface area contributed by atoms with Gasteiger partial charge in [0, 0.05) is 29.1 Å². The number of allylic oxidation sites excluding steroid dienone is 2. The van der Waals surface area contributed by atoms with Crippen molar-refractivity contribution in [2.45, 2.75) is 95.3 Å². The summed E-state index contributed by atoms with van der Waals surface area (Å²) in [5, 5.41) is 33.3. The minimum Gasteiger partial charge on any atom is -0.497 e. The maximum absolute atomic E-state index is 14.1. The molecule has 222 valence electrons. The van der Waals surface area contributed by atoms with Gasteiger partial charge in [-0.3, -0.25) is 9.69 Å². The zero-order chi connectivity index (χ0) is 29.2. The highest BCUT2D eigenvalue weighted by Gasteiger charge is 2.57. The van der Waals surface area contributed by atoms with Gasteiger partial charge in [0.2, 0.25) is 0 Å². The van der Waals surface area contributed by atoms with Gasteiger partial charge in [0.1, 0.15) is 5.75 Å². The van der Waals surface area contributed by atoms with E-state index in [1.54, 1.807) is 7.11 Å². The average molecular weight is 562 g/mol. The van der Waals surface area contributed by atoms with Crippen LogP contribution in [-0.2, 0) is 6.42 Å². The Hall–Kier alpha value is -2.51. The lowest BCUT2D eigenvalue weighted by molar-refractivity contribution is -0.0875. The van der Waals surface area contributed by atoms with Gasteiger partial charge in [0.15, 0.2) is 5.78 Å². The van der Waals surface area contributed by atoms with Crippen molar-refractivity contribution in [3.8, 4) is 5.75 Å². The molecule has 0 aromatic heterocycles. The van der Waals surface area contributed by atoms with Crippen LogP contribution in [0.4, 0.5) is 0 Å². The highest BCUT2D eigenvalue weighted by atomic mass is 16.5. The number of β-amino-alcohol motifs (C(OH)–C–C–N with tert-alkyl or cyclic N) is 1. The quantitative estimate of drug-likeness (QED) is 0.322. The SMILES string of the molecule is COc1ccc(C(=O)c2cc3ccc2C2CCC(O)(CN4CCCC4CO)C2(C)CCC=C(C)CCC(O)C3)cc1. The first-order valence-electron chi connectivity index (χ1n) is 15.4. The first kappa shape index (κ1) is 30.0. The molecule has 41 heavy (non-hydrogen) atoms. The molecule has 1 saturated carbocycles. The topological polar surface area (TPSA) is 90.2 Å². The van der Waals surface area contributed by atoms with Crippen LogP contribution >= 0.6 is 0 Å². The number of nitrogens with zero attached hydrogens (tertiary/aromatic N) is 1. The van der Waals surface area contributed by atoms with Crippen molar-refractivity contribution in [1.29, 1.82) is 0 Å². The third-order valence-corrected chi connectivity index (χ3v) is 10.4. The fraction of sp³-hybridized carbons (Fsp3) is 0.571. The van der Waals surface area contributed by atoms with Gasteiger partial charge in [0.25, 0.3) is 0 Å². The van der Waals surface area contributed by atoms with E-state index < -0.39 is 17.1 Å². The second kappa shape index (κ2) is 12.4. The van der Waals surface area contributed by atoms with E-state index in [9.17, 15) is 20.1 Å². The summed E-state index contributed by atoms with van der Waals surface area (Å²) in [7, 11) is 1.61. The number of aliphatic hydroxyl groups is 3. The van der Waals surface area contributed by atoms with Crippen molar-refractivity contribution in [1.82, 2.24) is 4.90 Å². The molecule has 3 N–H and O–H groups in total. The number of carbonyl (C=O) groups is 1. The van der Waals surface area contributed by atoms with Crippen LogP contribution in [0.1, 0.15) is 98.2 Å². The van der Waals surface area contributed by atoms with E-state index in [4.69, 9.17) is 4.74 Å². The molecule has 2 aromatic rings. The first-order valence-corrected chi connectivity index (χ1v) is 15.4. The van der Waals surface area contributed by atoms with E-state index in [1.165, 1.54) is 5.57 Å². The van der Waals surface area contributed by atoms with Crippen molar-refractivity contribution in [3.05, 3.63) is 76.4 Å². The molecule has 0 amide bonds. The van der Waals surface area contributed by atoms with Crippen molar-refractivity contribution in [2.24, 2.45) is 5.41 Å². The molecular weight excluding hydrogens is 514 g/mol. The number of fused-ring (bicyclic) bond motifs is 8. The molecule has 6 heteroatoms. The second-order valence-corrected chi connectivity index (χ2v) is 13.0. The number of methoxy groups -OCH3 is 1. The summed E-state index contributed by atoms with van der Waals surface area (Å²) in [4.78, 5) is 16.4.